The van der Waals surface area contributed by atoms with E-state index in [1.165, 1.54) is 17.4 Å². The molecular formula is C28H23Cl2N3O3S. The van der Waals surface area contributed by atoms with Gasteiger partial charge < -0.3 is 19.5 Å². The fourth-order valence-electron chi connectivity index (χ4n) is 4.10. The molecule has 1 N–H and O–H groups in total. The predicted molar refractivity (Wildman–Crippen MR) is 151 cm³/mol. The monoisotopic (exact) mass is 551 g/mol. The first-order chi connectivity index (χ1) is 18.0. The van der Waals surface area contributed by atoms with Crippen molar-refractivity contribution in [3.8, 4) is 11.3 Å². The lowest BCUT2D eigenvalue weighted by molar-refractivity contribution is -0.111. The van der Waals surface area contributed by atoms with E-state index in [4.69, 9.17) is 27.6 Å². The van der Waals surface area contributed by atoms with Gasteiger partial charge in [-0.25, -0.2) is 0 Å². The molecule has 1 aliphatic rings. The Morgan fingerprint density at radius 1 is 0.946 bits per heavy atom. The number of amides is 2. The third-order valence-electron chi connectivity index (χ3n) is 6.01. The number of rotatable bonds is 6. The summed E-state index contributed by atoms with van der Waals surface area (Å²) in [5, 5.41) is 5.94. The van der Waals surface area contributed by atoms with Gasteiger partial charge in [-0.05, 0) is 72.1 Å². The van der Waals surface area contributed by atoms with E-state index in [1.54, 1.807) is 30.3 Å². The van der Waals surface area contributed by atoms with Crippen LogP contribution >= 0.6 is 34.5 Å². The summed E-state index contributed by atoms with van der Waals surface area (Å²) < 4.78 is 5.79. The summed E-state index contributed by atoms with van der Waals surface area (Å²) in [5.41, 5.74) is 2.37. The Labute approximate surface area is 228 Å². The summed E-state index contributed by atoms with van der Waals surface area (Å²) in [6.07, 6.45) is 3.03. The van der Waals surface area contributed by atoms with Crippen LogP contribution in [0.1, 0.15) is 15.4 Å². The molecule has 4 aromatic rings. The summed E-state index contributed by atoms with van der Waals surface area (Å²) in [4.78, 5) is 29.8. The van der Waals surface area contributed by atoms with Crippen molar-refractivity contribution in [1.29, 1.82) is 0 Å². The van der Waals surface area contributed by atoms with E-state index >= 15 is 0 Å². The summed E-state index contributed by atoms with van der Waals surface area (Å²) in [7, 11) is 0. The van der Waals surface area contributed by atoms with Gasteiger partial charge in [0.05, 0.1) is 15.6 Å². The number of halogens is 2. The second kappa shape index (κ2) is 11.3. The minimum atomic E-state index is -0.297. The second-order valence-electron chi connectivity index (χ2n) is 8.45. The van der Waals surface area contributed by atoms with Crippen LogP contribution < -0.4 is 10.2 Å². The van der Waals surface area contributed by atoms with Crippen LogP contribution in [0.3, 0.4) is 0 Å². The molecule has 9 heteroatoms. The lowest BCUT2D eigenvalue weighted by Crippen LogP contribution is -2.48. The van der Waals surface area contributed by atoms with Crippen molar-refractivity contribution in [2.75, 3.05) is 36.4 Å². The maximum absolute atomic E-state index is 12.6. The third kappa shape index (κ3) is 6.07. The number of nitrogens with one attached hydrogen (secondary N) is 1. The molecule has 1 fully saturated rings. The first kappa shape index (κ1) is 25.1. The first-order valence-electron chi connectivity index (χ1n) is 11.7. The van der Waals surface area contributed by atoms with Gasteiger partial charge in [0.25, 0.3) is 5.91 Å². The molecule has 0 aliphatic carbocycles. The van der Waals surface area contributed by atoms with Crippen molar-refractivity contribution >= 4 is 63.8 Å². The summed E-state index contributed by atoms with van der Waals surface area (Å²) in [6.45, 7) is 2.63. The molecule has 2 amide bonds. The van der Waals surface area contributed by atoms with Gasteiger partial charge in [-0.2, -0.15) is 0 Å². The standard InChI is InChI=1S/C28H23Cl2N3O3S/c29-20-5-3-19(4-6-20)25-11-8-22(36-25)9-12-27(34)31-21-7-10-24(23(30)18-21)32-13-15-33(16-14-32)28(35)26-2-1-17-37-26/h1-12,17-18H,13-16H2,(H,31,34)/b12-9+. The Hall–Kier alpha value is -3.52. The molecule has 0 bridgehead atoms. The summed E-state index contributed by atoms with van der Waals surface area (Å²) in [5.74, 6) is 1.03. The first-order valence-corrected chi connectivity index (χ1v) is 13.3. The van der Waals surface area contributed by atoms with E-state index < -0.39 is 0 Å². The predicted octanol–water partition coefficient (Wildman–Crippen LogP) is 6.93. The van der Waals surface area contributed by atoms with E-state index in [-0.39, 0.29) is 11.8 Å². The van der Waals surface area contributed by atoms with Gasteiger partial charge in [0.15, 0.2) is 0 Å². The zero-order chi connectivity index (χ0) is 25.8. The molecule has 6 nitrogen and oxygen atoms in total. The SMILES string of the molecule is O=C(/C=C/c1ccc(-c2ccc(Cl)cc2)o1)Nc1ccc(N2CCN(C(=O)c3cccs3)CC2)c(Cl)c1. The van der Waals surface area contributed by atoms with Gasteiger partial charge in [-0.1, -0.05) is 29.3 Å². The molecule has 188 valence electrons. The largest absolute Gasteiger partial charge is 0.457 e. The number of hydrogen-bond acceptors (Lipinski definition) is 5. The van der Waals surface area contributed by atoms with Gasteiger partial charge in [0.1, 0.15) is 11.5 Å². The lowest BCUT2D eigenvalue weighted by Gasteiger charge is -2.36. The molecule has 2 aromatic heterocycles. The van der Waals surface area contributed by atoms with Crippen LogP contribution in [0.15, 0.2) is 82.6 Å². The molecule has 0 unspecified atom stereocenters. The minimum absolute atomic E-state index is 0.0719. The average molecular weight is 552 g/mol. The van der Waals surface area contributed by atoms with Crippen LogP contribution in [0.5, 0.6) is 0 Å². The number of hydrogen-bond donors (Lipinski definition) is 1. The highest BCUT2D eigenvalue weighted by atomic mass is 35.5. The van der Waals surface area contributed by atoms with E-state index in [0.717, 1.165) is 16.1 Å². The van der Waals surface area contributed by atoms with Gasteiger partial charge in [0.2, 0.25) is 5.91 Å². The van der Waals surface area contributed by atoms with Crippen LogP contribution in [-0.4, -0.2) is 42.9 Å². The van der Waals surface area contributed by atoms with Crippen molar-refractivity contribution < 1.29 is 14.0 Å². The molecule has 0 radical (unpaired) electrons. The van der Waals surface area contributed by atoms with Gasteiger partial charge >= 0.3 is 0 Å². The maximum Gasteiger partial charge on any atom is 0.264 e. The fourth-order valence-corrected chi connectivity index (χ4v) is 5.22. The quantitative estimate of drug-likeness (QED) is 0.264. The van der Waals surface area contributed by atoms with Crippen molar-refractivity contribution in [1.82, 2.24) is 4.90 Å². The zero-order valence-corrected chi connectivity index (χ0v) is 22.0. The Morgan fingerprint density at radius 2 is 1.73 bits per heavy atom. The number of piperazine rings is 1. The zero-order valence-electron chi connectivity index (χ0n) is 19.7. The molecule has 0 spiro atoms. The lowest BCUT2D eigenvalue weighted by atomic mass is 10.2. The van der Waals surface area contributed by atoms with Crippen LogP contribution in [0.4, 0.5) is 11.4 Å². The van der Waals surface area contributed by atoms with Gasteiger partial charge in [0, 0.05) is 48.5 Å². The normalized spacial score (nSPS) is 13.8. The number of carbonyl (C=O) groups excluding carboxylic acids is 2. The van der Waals surface area contributed by atoms with Gasteiger partial charge in [-0.3, -0.25) is 9.59 Å². The molecule has 5 rings (SSSR count). The molecule has 3 heterocycles. The molecular weight excluding hydrogens is 529 g/mol. The van der Waals surface area contributed by atoms with Crippen LogP contribution in [-0.2, 0) is 4.79 Å². The van der Waals surface area contributed by atoms with Crippen molar-refractivity contribution in [2.24, 2.45) is 0 Å². The van der Waals surface area contributed by atoms with Crippen molar-refractivity contribution in [3.05, 3.63) is 98.9 Å². The fraction of sp³-hybridized carbons (Fsp3) is 0.143. The van der Waals surface area contributed by atoms with Crippen molar-refractivity contribution in [2.45, 2.75) is 0 Å². The van der Waals surface area contributed by atoms with Crippen LogP contribution in [0, 0.1) is 0 Å². The molecule has 1 saturated heterocycles. The topological polar surface area (TPSA) is 65.8 Å². The minimum Gasteiger partial charge on any atom is -0.457 e. The molecule has 1 aliphatic heterocycles. The Kier molecular flexibility index (Phi) is 7.65. The summed E-state index contributed by atoms with van der Waals surface area (Å²) >= 11 is 14.0. The number of anilines is 2. The Morgan fingerprint density at radius 3 is 2.43 bits per heavy atom. The summed E-state index contributed by atoms with van der Waals surface area (Å²) in [6, 6.07) is 20.2. The van der Waals surface area contributed by atoms with E-state index in [2.05, 4.69) is 10.2 Å². The molecule has 0 atom stereocenters. The van der Waals surface area contributed by atoms with E-state index in [9.17, 15) is 9.59 Å². The smallest absolute Gasteiger partial charge is 0.264 e. The number of thiophene rings is 1. The highest BCUT2D eigenvalue weighted by Gasteiger charge is 2.24. The highest BCUT2D eigenvalue weighted by Crippen LogP contribution is 2.30. The molecule has 0 saturated carbocycles. The average Bonchev–Trinajstić information content (AvgIpc) is 3.61. The van der Waals surface area contributed by atoms with E-state index in [1.807, 2.05) is 52.7 Å². The number of nitrogens with zero attached hydrogens (tertiary/aromatic N) is 2. The number of furan rings is 1. The maximum atomic E-state index is 12.6. The highest BCUT2D eigenvalue weighted by molar-refractivity contribution is 7.12. The third-order valence-corrected chi connectivity index (χ3v) is 7.42. The van der Waals surface area contributed by atoms with Gasteiger partial charge in [-0.15, -0.1) is 11.3 Å². The van der Waals surface area contributed by atoms with Crippen LogP contribution in [0.2, 0.25) is 10.0 Å². The van der Waals surface area contributed by atoms with E-state index in [0.29, 0.717) is 53.4 Å². The van der Waals surface area contributed by atoms with Crippen molar-refractivity contribution in [3.63, 3.8) is 0 Å². The Balaban J connectivity index is 1.16. The second-order valence-corrected chi connectivity index (χ2v) is 10.2. The molecule has 2 aromatic carbocycles. The van der Waals surface area contributed by atoms with Crippen LogP contribution in [0.25, 0.3) is 17.4 Å². The number of benzene rings is 2. The Bertz CT molecular complexity index is 1420. The molecule has 37 heavy (non-hydrogen) atoms. The number of carbonyl (C=O) groups is 2.